The fourth-order valence-corrected chi connectivity index (χ4v) is 6.98. The van der Waals surface area contributed by atoms with Gasteiger partial charge in [0.1, 0.15) is 12.1 Å². The Labute approximate surface area is 224 Å². The third-order valence-electron chi connectivity index (χ3n) is 8.83. The predicted molar refractivity (Wildman–Crippen MR) is 135 cm³/mol. The number of nitrogens with one attached hydrogen (secondary N) is 2. The molecule has 7 rings (SSSR count). The van der Waals surface area contributed by atoms with Crippen LogP contribution >= 0.6 is 0 Å². The van der Waals surface area contributed by atoms with Crippen molar-refractivity contribution >= 4 is 17.7 Å². The number of halogens is 2. The largest absolute Gasteiger partial charge is 0.372 e. The van der Waals surface area contributed by atoms with Crippen LogP contribution in [0, 0.1) is 23.2 Å². The molecule has 2 aliphatic carbocycles. The van der Waals surface area contributed by atoms with Crippen molar-refractivity contribution in [3.63, 3.8) is 0 Å². The van der Waals surface area contributed by atoms with Crippen molar-refractivity contribution in [2.24, 2.45) is 11.8 Å². The summed E-state index contributed by atoms with van der Waals surface area (Å²) in [5, 5.41) is 27.0. The highest BCUT2D eigenvalue weighted by atomic mass is 19.3. The molecule has 3 N–H and O–H groups in total. The Morgan fingerprint density at radius 1 is 1.10 bits per heavy atom. The maximum Gasteiger partial charge on any atom is 0.264 e. The zero-order valence-corrected chi connectivity index (χ0v) is 21.1. The van der Waals surface area contributed by atoms with Gasteiger partial charge in [0.25, 0.3) is 11.8 Å². The van der Waals surface area contributed by atoms with E-state index in [1.165, 1.54) is 0 Å². The summed E-state index contributed by atoms with van der Waals surface area (Å²) in [5.74, 6) is -7.03. The lowest BCUT2D eigenvalue weighted by Crippen LogP contribution is -2.70. The van der Waals surface area contributed by atoms with Gasteiger partial charge in [-0.15, -0.1) is 0 Å². The van der Waals surface area contributed by atoms with Crippen molar-refractivity contribution in [1.82, 2.24) is 15.5 Å². The number of benzene rings is 2. The SMILES string of the molecule is N#C[C@H](C[C@@H]1CCNC1=O)NC(=O)[C@H]1[C@@H]2CC[C@@H](CC2(F)F)N1C(=O)C1(O)c2ccccc2-c2ccccc21. The van der Waals surface area contributed by atoms with Crippen LogP contribution in [0.15, 0.2) is 48.5 Å². The Bertz CT molecular complexity index is 1360. The number of nitriles is 1. The minimum Gasteiger partial charge on any atom is -0.372 e. The molecule has 0 unspecified atom stereocenters. The highest BCUT2D eigenvalue weighted by Crippen LogP contribution is 2.53. The molecule has 0 radical (unpaired) electrons. The summed E-state index contributed by atoms with van der Waals surface area (Å²) in [5.41, 5.74) is -0.153. The number of fused-ring (bicyclic) bond motifs is 6. The molecular weight excluding hydrogens is 506 g/mol. The number of hydrogen-bond donors (Lipinski definition) is 3. The highest BCUT2D eigenvalue weighted by Gasteiger charge is 2.63. The quantitative estimate of drug-likeness (QED) is 0.544. The lowest BCUT2D eigenvalue weighted by atomic mass is 9.70. The van der Waals surface area contributed by atoms with E-state index in [1.54, 1.807) is 48.5 Å². The van der Waals surface area contributed by atoms with E-state index in [0.717, 1.165) is 4.90 Å². The number of nitrogens with zero attached hydrogens (tertiary/aromatic N) is 2. The van der Waals surface area contributed by atoms with E-state index >= 15 is 8.78 Å². The number of piperidine rings is 2. The average molecular weight is 535 g/mol. The van der Waals surface area contributed by atoms with Gasteiger partial charge in [-0.2, -0.15) is 5.26 Å². The van der Waals surface area contributed by atoms with Crippen LogP contribution in [-0.4, -0.2) is 58.3 Å². The lowest BCUT2D eigenvalue weighted by molar-refractivity contribution is -0.201. The number of carbonyl (C=O) groups excluding carboxylic acids is 3. The number of hydrogen-bond acceptors (Lipinski definition) is 5. The van der Waals surface area contributed by atoms with E-state index in [-0.39, 0.29) is 25.2 Å². The Balaban J connectivity index is 1.36. The van der Waals surface area contributed by atoms with Gasteiger partial charge in [-0.1, -0.05) is 48.5 Å². The normalized spacial score (nSPS) is 28.2. The Kier molecular flexibility index (Phi) is 5.95. The Morgan fingerprint density at radius 3 is 2.31 bits per heavy atom. The molecule has 10 heteroatoms. The number of carbonyl (C=O) groups is 3. The molecule has 2 bridgehead atoms. The number of alkyl halides is 2. The van der Waals surface area contributed by atoms with Crippen molar-refractivity contribution in [3.05, 3.63) is 59.7 Å². The second-order valence-electron chi connectivity index (χ2n) is 11.0. The van der Waals surface area contributed by atoms with Crippen molar-refractivity contribution in [3.8, 4) is 17.2 Å². The van der Waals surface area contributed by atoms with Gasteiger partial charge >= 0.3 is 0 Å². The molecule has 2 aromatic rings. The van der Waals surface area contributed by atoms with E-state index in [0.29, 0.717) is 35.2 Å². The van der Waals surface area contributed by atoms with Gasteiger partial charge < -0.3 is 20.6 Å². The van der Waals surface area contributed by atoms with Crippen LogP contribution in [0.2, 0.25) is 0 Å². The standard InChI is InChI=1S/C29H28F2N4O4/c30-28(31)14-18-9-10-23(28)24(26(37)34-17(15-32)13-16-11-12-33-25(16)36)35(18)27(38)29(39)21-7-3-1-5-19(21)20-6-2-4-8-22(20)29/h1-8,16-18,23-24,39H,9-14H2,(H,33,36)(H,34,37)/t16-,17-,18-,23-,24+/m0/s1. The van der Waals surface area contributed by atoms with Crippen LogP contribution in [0.25, 0.3) is 11.1 Å². The monoisotopic (exact) mass is 534 g/mol. The second kappa shape index (κ2) is 9.12. The summed E-state index contributed by atoms with van der Waals surface area (Å²) in [6, 6.07) is 12.2. The molecule has 8 nitrogen and oxygen atoms in total. The molecule has 4 fully saturated rings. The van der Waals surface area contributed by atoms with E-state index in [4.69, 9.17) is 0 Å². The number of rotatable bonds is 5. The van der Waals surface area contributed by atoms with Gasteiger partial charge in [-0.05, 0) is 36.8 Å². The number of aliphatic hydroxyl groups is 1. The molecule has 5 aliphatic rings. The fourth-order valence-electron chi connectivity index (χ4n) is 6.98. The maximum absolute atomic E-state index is 15.2. The first-order chi connectivity index (χ1) is 18.7. The van der Waals surface area contributed by atoms with E-state index in [1.807, 2.05) is 6.07 Å². The first-order valence-corrected chi connectivity index (χ1v) is 13.3. The molecule has 0 aromatic heterocycles. The molecule has 3 aliphatic heterocycles. The van der Waals surface area contributed by atoms with Gasteiger partial charge in [-0.25, -0.2) is 8.78 Å². The maximum atomic E-state index is 15.2. The van der Waals surface area contributed by atoms with Crippen LogP contribution in [0.1, 0.15) is 43.2 Å². The molecule has 5 atom stereocenters. The van der Waals surface area contributed by atoms with E-state index in [9.17, 15) is 24.8 Å². The van der Waals surface area contributed by atoms with Crippen molar-refractivity contribution in [1.29, 1.82) is 5.26 Å². The van der Waals surface area contributed by atoms with Gasteiger partial charge in [-0.3, -0.25) is 14.4 Å². The Morgan fingerprint density at radius 2 is 1.74 bits per heavy atom. The molecule has 2 aromatic carbocycles. The van der Waals surface area contributed by atoms with Crippen LogP contribution in [-0.2, 0) is 20.0 Å². The molecule has 3 heterocycles. The smallest absolute Gasteiger partial charge is 0.264 e. The zero-order valence-electron chi connectivity index (χ0n) is 21.1. The van der Waals surface area contributed by atoms with Crippen molar-refractivity contribution in [2.75, 3.05) is 6.54 Å². The molecule has 0 spiro atoms. The van der Waals surface area contributed by atoms with Crippen LogP contribution in [0.5, 0.6) is 0 Å². The minimum atomic E-state index is -3.19. The number of amides is 3. The molecule has 39 heavy (non-hydrogen) atoms. The minimum absolute atomic E-state index is 0.0351. The van der Waals surface area contributed by atoms with Crippen LogP contribution < -0.4 is 10.6 Å². The zero-order chi connectivity index (χ0) is 27.5. The summed E-state index contributed by atoms with van der Waals surface area (Å²) >= 11 is 0. The van der Waals surface area contributed by atoms with Crippen LogP contribution in [0.3, 0.4) is 0 Å². The molecule has 1 saturated carbocycles. The topological polar surface area (TPSA) is 123 Å². The second-order valence-corrected chi connectivity index (χ2v) is 11.0. The van der Waals surface area contributed by atoms with Gasteiger partial charge in [0.2, 0.25) is 11.8 Å². The van der Waals surface area contributed by atoms with Crippen LogP contribution in [0.4, 0.5) is 8.78 Å². The van der Waals surface area contributed by atoms with Crippen molar-refractivity contribution < 1.29 is 28.3 Å². The van der Waals surface area contributed by atoms with Gasteiger partial charge in [0.05, 0.1) is 12.0 Å². The van der Waals surface area contributed by atoms with Gasteiger partial charge in [0.15, 0.2) is 5.60 Å². The summed E-state index contributed by atoms with van der Waals surface area (Å²) in [6.07, 6.45) is 0.266. The average Bonchev–Trinajstić information content (AvgIpc) is 3.46. The first kappa shape index (κ1) is 25.4. The van der Waals surface area contributed by atoms with E-state index in [2.05, 4.69) is 10.6 Å². The highest BCUT2D eigenvalue weighted by molar-refractivity contribution is 6.01. The predicted octanol–water partition coefficient (Wildman–Crippen LogP) is 2.45. The fraction of sp³-hybridized carbons (Fsp3) is 0.448. The molecule has 3 saturated heterocycles. The summed E-state index contributed by atoms with van der Waals surface area (Å²) in [6.45, 7) is 0.470. The summed E-state index contributed by atoms with van der Waals surface area (Å²) in [4.78, 5) is 41.2. The molecule has 3 amide bonds. The third kappa shape index (κ3) is 3.82. The molecular formula is C29H28F2N4O4. The van der Waals surface area contributed by atoms with Gasteiger partial charge in [0, 0.05) is 36.1 Å². The summed E-state index contributed by atoms with van der Waals surface area (Å²) in [7, 11) is 0. The Hall–Kier alpha value is -3.84. The van der Waals surface area contributed by atoms with E-state index < -0.39 is 59.7 Å². The lowest BCUT2D eigenvalue weighted by Gasteiger charge is -2.54. The third-order valence-corrected chi connectivity index (χ3v) is 8.83. The first-order valence-electron chi connectivity index (χ1n) is 13.3. The summed E-state index contributed by atoms with van der Waals surface area (Å²) < 4.78 is 30.4. The molecule has 202 valence electrons. The van der Waals surface area contributed by atoms with Crippen molar-refractivity contribution in [2.45, 2.75) is 61.8 Å².